The predicted octanol–water partition coefficient (Wildman–Crippen LogP) is 2.68. The predicted molar refractivity (Wildman–Crippen MR) is 67.5 cm³/mol. The maximum atomic E-state index is 10.5. The lowest BCUT2D eigenvalue weighted by atomic mass is 9.95. The lowest BCUT2D eigenvalue weighted by Gasteiger charge is -2.22. The zero-order valence-electron chi connectivity index (χ0n) is 9.74. The van der Waals surface area contributed by atoms with Crippen LogP contribution in [0.5, 0.6) is 0 Å². The van der Waals surface area contributed by atoms with Crippen molar-refractivity contribution in [2.24, 2.45) is 5.41 Å². The number of halogens is 1. The van der Waals surface area contributed by atoms with Crippen LogP contribution in [0.3, 0.4) is 0 Å². The minimum Gasteiger partial charge on any atom is -0.396 e. The van der Waals surface area contributed by atoms with E-state index in [-0.39, 0.29) is 17.7 Å². The standard InChI is InChI=1S/C11H15ClN2O3/c1-11(2,7-15)6-13-10-4-3-8(14(16)17)5-9(10)12/h3-5,13,15H,6-7H2,1-2H3. The second-order valence-corrected chi connectivity index (χ2v) is 5.00. The Morgan fingerprint density at radius 2 is 2.18 bits per heavy atom. The molecule has 0 aliphatic heterocycles. The van der Waals surface area contributed by atoms with Crippen molar-refractivity contribution < 1.29 is 10.0 Å². The van der Waals surface area contributed by atoms with E-state index in [4.69, 9.17) is 16.7 Å². The van der Waals surface area contributed by atoms with E-state index >= 15 is 0 Å². The molecule has 0 fully saturated rings. The Morgan fingerprint density at radius 1 is 1.53 bits per heavy atom. The first kappa shape index (κ1) is 13.7. The fraction of sp³-hybridized carbons (Fsp3) is 0.455. The second kappa shape index (κ2) is 5.33. The number of rotatable bonds is 5. The molecule has 0 bridgehead atoms. The maximum absolute atomic E-state index is 10.5. The van der Waals surface area contributed by atoms with Crippen molar-refractivity contribution in [3.8, 4) is 0 Å². The summed E-state index contributed by atoms with van der Waals surface area (Å²) in [5.41, 5.74) is 0.311. The lowest BCUT2D eigenvalue weighted by Crippen LogP contribution is -2.26. The van der Waals surface area contributed by atoms with Gasteiger partial charge in [0.25, 0.3) is 5.69 Å². The summed E-state index contributed by atoms with van der Waals surface area (Å²) in [5.74, 6) is 0. The second-order valence-electron chi connectivity index (χ2n) is 4.60. The molecule has 0 aliphatic carbocycles. The van der Waals surface area contributed by atoms with Gasteiger partial charge in [-0.3, -0.25) is 10.1 Å². The Balaban J connectivity index is 2.77. The van der Waals surface area contributed by atoms with Crippen molar-refractivity contribution in [2.75, 3.05) is 18.5 Å². The number of hydrogen-bond donors (Lipinski definition) is 2. The van der Waals surface area contributed by atoms with Crippen LogP contribution in [0.25, 0.3) is 0 Å². The van der Waals surface area contributed by atoms with Crippen molar-refractivity contribution in [3.63, 3.8) is 0 Å². The molecule has 0 amide bonds. The molecule has 0 spiro atoms. The number of nitrogens with one attached hydrogen (secondary N) is 1. The van der Waals surface area contributed by atoms with E-state index in [1.807, 2.05) is 13.8 Å². The number of anilines is 1. The van der Waals surface area contributed by atoms with Crippen molar-refractivity contribution in [1.29, 1.82) is 0 Å². The van der Waals surface area contributed by atoms with Crippen molar-refractivity contribution in [3.05, 3.63) is 33.3 Å². The third-order valence-corrected chi connectivity index (χ3v) is 2.66. The monoisotopic (exact) mass is 258 g/mol. The molecule has 0 aromatic heterocycles. The summed E-state index contributed by atoms with van der Waals surface area (Å²) < 4.78 is 0. The van der Waals surface area contributed by atoms with Crippen LogP contribution in [0.4, 0.5) is 11.4 Å². The quantitative estimate of drug-likeness (QED) is 0.629. The molecule has 0 saturated heterocycles. The molecule has 0 radical (unpaired) electrons. The number of non-ortho nitro benzene ring substituents is 1. The summed E-state index contributed by atoms with van der Waals surface area (Å²) in [5, 5.41) is 23.0. The molecule has 1 aromatic rings. The molecule has 1 rings (SSSR count). The van der Waals surface area contributed by atoms with Crippen LogP contribution >= 0.6 is 11.6 Å². The Kier molecular flexibility index (Phi) is 4.31. The third-order valence-electron chi connectivity index (χ3n) is 2.35. The molecular weight excluding hydrogens is 244 g/mol. The highest BCUT2D eigenvalue weighted by molar-refractivity contribution is 6.33. The van der Waals surface area contributed by atoms with Gasteiger partial charge in [-0.05, 0) is 6.07 Å². The first-order chi connectivity index (χ1) is 7.85. The number of nitro groups is 1. The molecule has 0 unspecified atom stereocenters. The minimum atomic E-state index is -0.493. The first-order valence-electron chi connectivity index (χ1n) is 5.14. The molecule has 94 valence electrons. The Morgan fingerprint density at radius 3 is 2.65 bits per heavy atom. The SMILES string of the molecule is CC(C)(CO)CNc1ccc([N+](=O)[O-])cc1Cl. The van der Waals surface area contributed by atoms with Crippen molar-refractivity contribution >= 4 is 23.0 Å². The smallest absolute Gasteiger partial charge is 0.271 e. The summed E-state index contributed by atoms with van der Waals surface area (Å²) in [6, 6.07) is 4.25. The molecular formula is C11H15ClN2O3. The van der Waals surface area contributed by atoms with Gasteiger partial charge in [0, 0.05) is 30.7 Å². The molecule has 0 atom stereocenters. The number of nitro benzene ring substituents is 1. The van der Waals surface area contributed by atoms with Gasteiger partial charge in [0.05, 0.1) is 15.6 Å². The number of hydrogen-bond acceptors (Lipinski definition) is 4. The van der Waals surface area contributed by atoms with Crippen LogP contribution in [-0.4, -0.2) is 23.2 Å². The molecule has 5 nitrogen and oxygen atoms in total. The highest BCUT2D eigenvalue weighted by Gasteiger charge is 2.17. The average Bonchev–Trinajstić information content (AvgIpc) is 2.27. The van der Waals surface area contributed by atoms with Crippen LogP contribution in [0, 0.1) is 15.5 Å². The van der Waals surface area contributed by atoms with Crippen molar-refractivity contribution in [1.82, 2.24) is 0 Å². The highest BCUT2D eigenvalue weighted by atomic mass is 35.5. The van der Waals surface area contributed by atoms with E-state index < -0.39 is 4.92 Å². The van der Waals surface area contributed by atoms with E-state index in [0.717, 1.165) is 0 Å². The molecule has 0 aliphatic rings. The number of nitrogens with zero attached hydrogens (tertiary/aromatic N) is 1. The number of aliphatic hydroxyl groups is 1. The van der Waals surface area contributed by atoms with Gasteiger partial charge in [-0.25, -0.2) is 0 Å². The molecule has 1 aromatic carbocycles. The van der Waals surface area contributed by atoms with Crippen LogP contribution < -0.4 is 5.32 Å². The van der Waals surface area contributed by atoms with Gasteiger partial charge >= 0.3 is 0 Å². The van der Waals surface area contributed by atoms with E-state index in [0.29, 0.717) is 17.3 Å². The van der Waals surface area contributed by atoms with Gasteiger partial charge in [-0.2, -0.15) is 0 Å². The minimum absolute atomic E-state index is 0.0398. The van der Waals surface area contributed by atoms with Gasteiger partial charge in [-0.1, -0.05) is 25.4 Å². The van der Waals surface area contributed by atoms with Gasteiger partial charge in [0.1, 0.15) is 0 Å². The summed E-state index contributed by atoms with van der Waals surface area (Å²) >= 11 is 5.92. The fourth-order valence-corrected chi connectivity index (χ4v) is 1.39. The maximum Gasteiger partial charge on any atom is 0.271 e. The Labute approximate surface area is 105 Å². The van der Waals surface area contributed by atoms with E-state index in [2.05, 4.69) is 5.32 Å². The van der Waals surface area contributed by atoms with Gasteiger partial charge in [0.2, 0.25) is 0 Å². The van der Waals surface area contributed by atoms with Gasteiger partial charge in [0.15, 0.2) is 0 Å². The summed E-state index contributed by atoms with van der Waals surface area (Å²) in [7, 11) is 0. The lowest BCUT2D eigenvalue weighted by molar-refractivity contribution is -0.384. The topological polar surface area (TPSA) is 75.4 Å². The van der Waals surface area contributed by atoms with E-state index in [1.54, 1.807) is 6.07 Å². The summed E-state index contributed by atoms with van der Waals surface area (Å²) in [4.78, 5) is 10.0. The van der Waals surface area contributed by atoms with Crippen LogP contribution in [0.1, 0.15) is 13.8 Å². The van der Waals surface area contributed by atoms with Crippen LogP contribution in [-0.2, 0) is 0 Å². The van der Waals surface area contributed by atoms with Crippen LogP contribution in [0.15, 0.2) is 18.2 Å². The average molecular weight is 259 g/mol. The summed E-state index contributed by atoms with van der Waals surface area (Å²) in [6.07, 6.45) is 0. The zero-order valence-corrected chi connectivity index (χ0v) is 10.5. The van der Waals surface area contributed by atoms with E-state index in [9.17, 15) is 10.1 Å². The first-order valence-corrected chi connectivity index (χ1v) is 5.52. The van der Waals surface area contributed by atoms with Crippen LogP contribution in [0.2, 0.25) is 5.02 Å². The van der Waals surface area contributed by atoms with Gasteiger partial charge < -0.3 is 10.4 Å². The zero-order chi connectivity index (χ0) is 13.1. The van der Waals surface area contributed by atoms with Gasteiger partial charge in [-0.15, -0.1) is 0 Å². The Bertz CT molecular complexity index is 421. The molecule has 6 heteroatoms. The summed E-state index contributed by atoms with van der Waals surface area (Å²) in [6.45, 7) is 4.38. The fourth-order valence-electron chi connectivity index (χ4n) is 1.15. The molecule has 0 saturated carbocycles. The van der Waals surface area contributed by atoms with E-state index in [1.165, 1.54) is 12.1 Å². The molecule has 2 N–H and O–H groups in total. The Hall–Kier alpha value is -1.33. The normalized spacial score (nSPS) is 11.3. The molecule has 17 heavy (non-hydrogen) atoms. The third kappa shape index (κ3) is 3.87. The highest BCUT2D eigenvalue weighted by Crippen LogP contribution is 2.27. The number of benzene rings is 1. The van der Waals surface area contributed by atoms with Crippen molar-refractivity contribution in [2.45, 2.75) is 13.8 Å². The largest absolute Gasteiger partial charge is 0.396 e. The molecule has 0 heterocycles. The number of aliphatic hydroxyl groups excluding tert-OH is 1.